The summed E-state index contributed by atoms with van der Waals surface area (Å²) in [6.45, 7) is -0.143. The number of anilines is 1. The van der Waals surface area contributed by atoms with Gasteiger partial charge in [-0.2, -0.15) is 0 Å². The Morgan fingerprint density at radius 1 is 1.19 bits per heavy atom. The second-order valence-corrected chi connectivity index (χ2v) is 5.91. The summed E-state index contributed by atoms with van der Waals surface area (Å²) in [6, 6.07) is 7.29. The van der Waals surface area contributed by atoms with E-state index < -0.39 is 17.5 Å². The van der Waals surface area contributed by atoms with Crippen LogP contribution in [0.5, 0.6) is 5.75 Å². The molecular weight excluding hydrogens is 389 g/mol. The van der Waals surface area contributed by atoms with E-state index in [0.29, 0.717) is 11.1 Å². The molecular formula is C17H10Cl2F2N2O3. The number of carbonyl (C=O) groups is 1. The van der Waals surface area contributed by atoms with Gasteiger partial charge in [-0.15, -0.1) is 0 Å². The summed E-state index contributed by atoms with van der Waals surface area (Å²) in [5.41, 5.74) is 0. The van der Waals surface area contributed by atoms with Gasteiger partial charge in [0.25, 0.3) is 5.91 Å². The number of benzene rings is 1. The van der Waals surface area contributed by atoms with Crippen molar-refractivity contribution in [1.82, 2.24) is 4.98 Å². The van der Waals surface area contributed by atoms with E-state index in [0.717, 1.165) is 12.1 Å². The molecule has 0 unspecified atom stereocenters. The number of nitrogens with one attached hydrogen (secondary N) is 1. The van der Waals surface area contributed by atoms with Crippen LogP contribution in [-0.4, -0.2) is 10.9 Å². The first-order valence-corrected chi connectivity index (χ1v) is 7.97. The van der Waals surface area contributed by atoms with Crippen LogP contribution in [0, 0.1) is 11.6 Å². The van der Waals surface area contributed by atoms with Crippen LogP contribution in [0.3, 0.4) is 0 Å². The average Bonchev–Trinajstić information content (AvgIpc) is 3.06. The van der Waals surface area contributed by atoms with E-state index >= 15 is 0 Å². The number of aromatic nitrogens is 1. The van der Waals surface area contributed by atoms with Gasteiger partial charge in [-0.3, -0.25) is 4.79 Å². The number of ether oxygens (including phenoxy) is 1. The lowest BCUT2D eigenvalue weighted by atomic mass is 10.3. The monoisotopic (exact) mass is 398 g/mol. The molecule has 1 amide bonds. The van der Waals surface area contributed by atoms with Gasteiger partial charge >= 0.3 is 0 Å². The smallest absolute Gasteiger partial charge is 0.292 e. The number of amides is 1. The maximum absolute atomic E-state index is 13.5. The molecule has 3 aromatic rings. The Bertz CT molecular complexity index is 963. The zero-order valence-electron chi connectivity index (χ0n) is 12.9. The Hall–Kier alpha value is -2.64. The molecule has 1 aromatic carbocycles. The first kappa shape index (κ1) is 18.2. The van der Waals surface area contributed by atoms with Crippen molar-refractivity contribution in [3.05, 3.63) is 75.8 Å². The van der Waals surface area contributed by atoms with Crippen LogP contribution in [0.15, 0.2) is 47.0 Å². The highest BCUT2D eigenvalue weighted by Crippen LogP contribution is 2.24. The molecule has 0 radical (unpaired) electrons. The number of rotatable bonds is 5. The summed E-state index contributed by atoms with van der Waals surface area (Å²) in [6.07, 6.45) is 1.34. The van der Waals surface area contributed by atoms with Crippen LogP contribution in [0.25, 0.3) is 0 Å². The van der Waals surface area contributed by atoms with Crippen molar-refractivity contribution < 1.29 is 22.7 Å². The molecule has 1 N–H and O–H groups in total. The molecule has 0 atom stereocenters. The molecule has 0 saturated heterocycles. The first-order valence-electron chi connectivity index (χ1n) is 7.21. The minimum Gasteiger partial charge on any atom is -0.483 e. The van der Waals surface area contributed by atoms with Crippen molar-refractivity contribution in [2.24, 2.45) is 0 Å². The standard InChI is InChI=1S/C17H10Cl2F2N2O3/c18-9-5-12(19)16(22-7-9)23-17(24)15-4-2-11(26-15)8-25-14-3-1-10(20)6-13(14)21/h1-7H,8H2,(H,22,23,24). The Labute approximate surface area is 156 Å². The Balaban J connectivity index is 1.64. The Morgan fingerprint density at radius 3 is 2.73 bits per heavy atom. The summed E-state index contributed by atoms with van der Waals surface area (Å²) < 4.78 is 36.9. The Morgan fingerprint density at radius 2 is 2.00 bits per heavy atom. The predicted octanol–water partition coefficient (Wildman–Crippen LogP) is 5.09. The maximum atomic E-state index is 13.5. The number of pyridine rings is 1. The van der Waals surface area contributed by atoms with E-state index in [2.05, 4.69) is 10.3 Å². The van der Waals surface area contributed by atoms with E-state index in [9.17, 15) is 13.6 Å². The molecule has 0 aliphatic carbocycles. The summed E-state index contributed by atoms with van der Waals surface area (Å²) in [5.74, 6) is -1.88. The third kappa shape index (κ3) is 4.30. The SMILES string of the molecule is O=C(Nc1ncc(Cl)cc1Cl)c1ccc(COc2ccc(F)cc2F)o1. The molecule has 0 bridgehead atoms. The number of furan rings is 1. The molecule has 0 spiro atoms. The summed E-state index contributed by atoms with van der Waals surface area (Å²) in [4.78, 5) is 16.1. The lowest BCUT2D eigenvalue weighted by molar-refractivity contribution is 0.0992. The number of nitrogens with zero attached hydrogens (tertiary/aromatic N) is 1. The van der Waals surface area contributed by atoms with Gasteiger partial charge in [0.15, 0.2) is 23.1 Å². The molecule has 0 aliphatic heterocycles. The van der Waals surface area contributed by atoms with Crippen LogP contribution in [-0.2, 0) is 6.61 Å². The van der Waals surface area contributed by atoms with Crippen LogP contribution in [0.4, 0.5) is 14.6 Å². The molecule has 9 heteroatoms. The lowest BCUT2D eigenvalue weighted by Crippen LogP contribution is -2.12. The van der Waals surface area contributed by atoms with E-state index in [1.807, 2.05) is 0 Å². The quantitative estimate of drug-likeness (QED) is 0.649. The predicted molar refractivity (Wildman–Crippen MR) is 91.6 cm³/mol. The van der Waals surface area contributed by atoms with Crippen molar-refractivity contribution in [3.8, 4) is 5.75 Å². The summed E-state index contributed by atoms with van der Waals surface area (Å²) in [5, 5.41) is 2.99. The van der Waals surface area contributed by atoms with Gasteiger partial charge in [-0.25, -0.2) is 13.8 Å². The zero-order valence-corrected chi connectivity index (χ0v) is 14.4. The molecule has 0 fully saturated rings. The third-order valence-electron chi connectivity index (χ3n) is 3.19. The molecule has 3 rings (SSSR count). The highest BCUT2D eigenvalue weighted by atomic mass is 35.5. The highest BCUT2D eigenvalue weighted by molar-refractivity contribution is 6.36. The van der Waals surface area contributed by atoms with Gasteiger partial charge in [-0.05, 0) is 30.3 Å². The second kappa shape index (κ2) is 7.72. The van der Waals surface area contributed by atoms with Crippen LogP contribution in [0.2, 0.25) is 10.0 Å². The molecule has 2 heterocycles. The maximum Gasteiger partial charge on any atom is 0.292 e. The topological polar surface area (TPSA) is 64.4 Å². The molecule has 26 heavy (non-hydrogen) atoms. The molecule has 2 aromatic heterocycles. The van der Waals surface area contributed by atoms with Gasteiger partial charge < -0.3 is 14.5 Å². The molecule has 0 aliphatic rings. The lowest BCUT2D eigenvalue weighted by Gasteiger charge is -2.06. The first-order chi connectivity index (χ1) is 12.4. The van der Waals surface area contributed by atoms with Gasteiger partial charge in [-0.1, -0.05) is 23.2 Å². The van der Waals surface area contributed by atoms with Crippen molar-refractivity contribution in [1.29, 1.82) is 0 Å². The minimum absolute atomic E-state index is 0.0176. The summed E-state index contributed by atoms with van der Waals surface area (Å²) >= 11 is 11.7. The van der Waals surface area contributed by atoms with E-state index in [1.165, 1.54) is 24.4 Å². The van der Waals surface area contributed by atoms with Crippen LogP contribution in [0.1, 0.15) is 16.3 Å². The van der Waals surface area contributed by atoms with E-state index in [1.54, 1.807) is 0 Å². The molecule has 5 nitrogen and oxygen atoms in total. The summed E-state index contributed by atoms with van der Waals surface area (Å²) in [7, 11) is 0. The fourth-order valence-electron chi connectivity index (χ4n) is 1.99. The number of carbonyl (C=O) groups excluding carboxylic acids is 1. The second-order valence-electron chi connectivity index (χ2n) is 5.07. The average molecular weight is 399 g/mol. The van der Waals surface area contributed by atoms with Crippen LogP contribution >= 0.6 is 23.2 Å². The van der Waals surface area contributed by atoms with Gasteiger partial charge in [0.1, 0.15) is 18.2 Å². The van der Waals surface area contributed by atoms with Crippen LogP contribution < -0.4 is 10.1 Å². The Kier molecular flexibility index (Phi) is 5.39. The van der Waals surface area contributed by atoms with E-state index in [-0.39, 0.29) is 34.7 Å². The number of halogens is 4. The normalized spacial score (nSPS) is 10.6. The number of hydrogen-bond donors (Lipinski definition) is 1. The highest BCUT2D eigenvalue weighted by Gasteiger charge is 2.15. The minimum atomic E-state index is -0.835. The fraction of sp³-hybridized carbons (Fsp3) is 0.0588. The third-order valence-corrected chi connectivity index (χ3v) is 3.68. The zero-order chi connectivity index (χ0) is 18.7. The number of hydrogen-bond acceptors (Lipinski definition) is 4. The molecule has 134 valence electrons. The van der Waals surface area contributed by atoms with Crippen molar-refractivity contribution in [2.45, 2.75) is 6.61 Å². The van der Waals surface area contributed by atoms with E-state index in [4.69, 9.17) is 32.4 Å². The van der Waals surface area contributed by atoms with Gasteiger partial charge in [0.2, 0.25) is 0 Å². The van der Waals surface area contributed by atoms with Crippen molar-refractivity contribution in [2.75, 3.05) is 5.32 Å². The van der Waals surface area contributed by atoms with Crippen molar-refractivity contribution in [3.63, 3.8) is 0 Å². The van der Waals surface area contributed by atoms with Crippen molar-refractivity contribution >= 4 is 34.9 Å². The largest absolute Gasteiger partial charge is 0.483 e. The van der Waals surface area contributed by atoms with Gasteiger partial charge in [0.05, 0.1) is 10.0 Å². The fourth-order valence-corrected chi connectivity index (χ4v) is 2.42. The molecule has 0 saturated carbocycles. The van der Waals surface area contributed by atoms with Gasteiger partial charge in [0, 0.05) is 12.3 Å².